The Bertz CT molecular complexity index is 869. The lowest BCUT2D eigenvalue weighted by molar-refractivity contribution is -0.123. The Balaban J connectivity index is 1.69. The summed E-state index contributed by atoms with van der Waals surface area (Å²) in [5.41, 5.74) is 3.20. The minimum Gasteiger partial charge on any atom is -0.354 e. The van der Waals surface area contributed by atoms with Gasteiger partial charge in [-0.2, -0.15) is 0 Å². The van der Waals surface area contributed by atoms with Crippen molar-refractivity contribution in [3.05, 3.63) is 66.0 Å². The summed E-state index contributed by atoms with van der Waals surface area (Å²) >= 11 is 0. The number of rotatable bonds is 7. The van der Waals surface area contributed by atoms with Gasteiger partial charge in [0.2, 0.25) is 5.91 Å². The molecule has 2 aromatic carbocycles. The van der Waals surface area contributed by atoms with Crippen LogP contribution in [0.3, 0.4) is 0 Å². The normalized spacial score (nSPS) is 13.5. The highest BCUT2D eigenvalue weighted by molar-refractivity contribution is 5.84. The Labute approximate surface area is 155 Å². The molecule has 1 N–H and O–H groups in total. The van der Waals surface area contributed by atoms with Gasteiger partial charge in [-0.05, 0) is 30.5 Å². The van der Waals surface area contributed by atoms with Crippen molar-refractivity contribution in [2.45, 2.75) is 39.7 Å². The fourth-order valence-electron chi connectivity index (χ4n) is 3.51. The number of hydrogen-bond acceptors (Lipinski definition) is 2. The fourth-order valence-corrected chi connectivity index (χ4v) is 3.51. The van der Waals surface area contributed by atoms with E-state index in [1.165, 1.54) is 0 Å². The highest BCUT2D eigenvalue weighted by Crippen LogP contribution is 2.27. The monoisotopic (exact) mass is 349 g/mol. The summed E-state index contributed by atoms with van der Waals surface area (Å²) in [5, 5.41) is 3.14. The Morgan fingerprint density at radius 3 is 2.54 bits per heavy atom. The highest BCUT2D eigenvalue weighted by Gasteiger charge is 2.25. The SMILES string of the molecule is CCC(C)C(C(=O)NCCn1c(C)nc2ccccc21)c1ccccc1. The molecule has 0 saturated heterocycles. The summed E-state index contributed by atoms with van der Waals surface area (Å²) in [6.45, 7) is 7.60. The first-order valence-corrected chi connectivity index (χ1v) is 9.36. The lowest BCUT2D eigenvalue weighted by Crippen LogP contribution is -2.34. The molecule has 0 spiro atoms. The molecule has 136 valence electrons. The molecule has 0 aliphatic rings. The maximum absolute atomic E-state index is 12.9. The molecule has 26 heavy (non-hydrogen) atoms. The summed E-state index contributed by atoms with van der Waals surface area (Å²) in [6.07, 6.45) is 0.970. The molecule has 0 saturated carbocycles. The van der Waals surface area contributed by atoms with Crippen molar-refractivity contribution in [2.75, 3.05) is 6.54 Å². The number of nitrogens with one attached hydrogen (secondary N) is 1. The molecular formula is C22H27N3O. The van der Waals surface area contributed by atoms with Crippen LogP contribution in [0.1, 0.15) is 37.6 Å². The number of aryl methyl sites for hydroxylation is 1. The van der Waals surface area contributed by atoms with Gasteiger partial charge < -0.3 is 9.88 Å². The van der Waals surface area contributed by atoms with Crippen molar-refractivity contribution < 1.29 is 4.79 Å². The van der Waals surface area contributed by atoms with Crippen LogP contribution in [0, 0.1) is 12.8 Å². The van der Waals surface area contributed by atoms with E-state index in [-0.39, 0.29) is 11.8 Å². The molecule has 3 aromatic rings. The largest absolute Gasteiger partial charge is 0.354 e. The second-order valence-corrected chi connectivity index (χ2v) is 6.86. The number of aromatic nitrogens is 2. The molecule has 4 heteroatoms. The summed E-state index contributed by atoms with van der Waals surface area (Å²) in [6, 6.07) is 18.2. The first kappa shape index (κ1) is 18.2. The maximum atomic E-state index is 12.9. The number of carbonyl (C=O) groups excluding carboxylic acids is 1. The van der Waals surface area contributed by atoms with Crippen LogP contribution in [0.2, 0.25) is 0 Å². The number of nitrogens with zero attached hydrogens (tertiary/aromatic N) is 2. The van der Waals surface area contributed by atoms with Crippen LogP contribution in [-0.4, -0.2) is 22.0 Å². The van der Waals surface area contributed by atoms with Crippen LogP contribution >= 0.6 is 0 Å². The van der Waals surface area contributed by atoms with Crippen molar-refractivity contribution in [3.63, 3.8) is 0 Å². The summed E-state index contributed by atoms with van der Waals surface area (Å²) in [7, 11) is 0. The third-order valence-corrected chi connectivity index (χ3v) is 5.13. The van der Waals surface area contributed by atoms with E-state index in [1.807, 2.05) is 55.5 Å². The topological polar surface area (TPSA) is 46.9 Å². The number of imidazole rings is 1. The smallest absolute Gasteiger partial charge is 0.227 e. The van der Waals surface area contributed by atoms with Crippen LogP contribution in [0.15, 0.2) is 54.6 Å². The summed E-state index contributed by atoms with van der Waals surface area (Å²) in [5.74, 6) is 1.27. The van der Waals surface area contributed by atoms with E-state index in [2.05, 4.69) is 34.8 Å². The first-order chi connectivity index (χ1) is 12.6. The van der Waals surface area contributed by atoms with Gasteiger partial charge in [0.1, 0.15) is 5.82 Å². The van der Waals surface area contributed by atoms with E-state index in [0.717, 1.165) is 35.4 Å². The zero-order valence-electron chi connectivity index (χ0n) is 15.8. The van der Waals surface area contributed by atoms with Crippen LogP contribution in [0.5, 0.6) is 0 Å². The molecule has 2 atom stereocenters. The third-order valence-electron chi connectivity index (χ3n) is 5.13. The average molecular weight is 349 g/mol. The maximum Gasteiger partial charge on any atom is 0.227 e. The van der Waals surface area contributed by atoms with Gasteiger partial charge in [0.05, 0.1) is 17.0 Å². The van der Waals surface area contributed by atoms with Gasteiger partial charge in [0.25, 0.3) is 0 Å². The van der Waals surface area contributed by atoms with Crippen molar-refractivity contribution in [3.8, 4) is 0 Å². The van der Waals surface area contributed by atoms with Crippen molar-refractivity contribution in [2.24, 2.45) is 5.92 Å². The molecule has 0 radical (unpaired) electrons. The zero-order chi connectivity index (χ0) is 18.5. The molecule has 0 aliphatic carbocycles. The van der Waals surface area contributed by atoms with E-state index in [4.69, 9.17) is 0 Å². The second kappa shape index (κ2) is 8.17. The van der Waals surface area contributed by atoms with E-state index < -0.39 is 0 Å². The van der Waals surface area contributed by atoms with E-state index in [0.29, 0.717) is 12.5 Å². The van der Waals surface area contributed by atoms with Gasteiger partial charge in [-0.3, -0.25) is 4.79 Å². The Morgan fingerprint density at radius 2 is 1.81 bits per heavy atom. The lowest BCUT2D eigenvalue weighted by atomic mass is 9.85. The lowest BCUT2D eigenvalue weighted by Gasteiger charge is -2.23. The Hall–Kier alpha value is -2.62. The second-order valence-electron chi connectivity index (χ2n) is 6.86. The van der Waals surface area contributed by atoms with Crippen LogP contribution in [0.25, 0.3) is 11.0 Å². The third kappa shape index (κ3) is 3.79. The highest BCUT2D eigenvalue weighted by atomic mass is 16.1. The number of hydrogen-bond donors (Lipinski definition) is 1. The van der Waals surface area contributed by atoms with E-state index in [9.17, 15) is 4.79 Å². The van der Waals surface area contributed by atoms with Gasteiger partial charge in [0, 0.05) is 13.1 Å². The van der Waals surface area contributed by atoms with Gasteiger partial charge >= 0.3 is 0 Å². The standard InChI is InChI=1S/C22H27N3O/c1-4-16(2)21(18-10-6-5-7-11-18)22(26)23-14-15-25-17(3)24-19-12-8-9-13-20(19)25/h5-13,16,21H,4,14-15H2,1-3H3,(H,23,26). The molecule has 1 amide bonds. The quantitative estimate of drug-likeness (QED) is 0.691. The average Bonchev–Trinajstić information content (AvgIpc) is 2.98. The van der Waals surface area contributed by atoms with Crippen molar-refractivity contribution >= 4 is 16.9 Å². The Morgan fingerprint density at radius 1 is 1.12 bits per heavy atom. The van der Waals surface area contributed by atoms with Gasteiger partial charge in [-0.25, -0.2) is 4.98 Å². The predicted octanol–water partition coefficient (Wildman–Crippen LogP) is 4.29. The Kier molecular flexibility index (Phi) is 5.71. The minimum absolute atomic E-state index is 0.104. The molecule has 0 aliphatic heterocycles. The first-order valence-electron chi connectivity index (χ1n) is 9.36. The number of fused-ring (bicyclic) bond motifs is 1. The summed E-state index contributed by atoms with van der Waals surface area (Å²) in [4.78, 5) is 17.5. The number of amides is 1. The van der Waals surface area contributed by atoms with Crippen molar-refractivity contribution in [1.29, 1.82) is 0 Å². The number of para-hydroxylation sites is 2. The van der Waals surface area contributed by atoms with Crippen LogP contribution in [0.4, 0.5) is 0 Å². The molecule has 3 rings (SSSR count). The van der Waals surface area contributed by atoms with Crippen molar-refractivity contribution in [1.82, 2.24) is 14.9 Å². The van der Waals surface area contributed by atoms with Crippen LogP contribution < -0.4 is 5.32 Å². The minimum atomic E-state index is -0.109. The zero-order valence-corrected chi connectivity index (χ0v) is 15.8. The molecule has 0 bridgehead atoms. The molecule has 2 unspecified atom stereocenters. The molecule has 1 heterocycles. The fraction of sp³-hybridized carbons (Fsp3) is 0.364. The number of carbonyl (C=O) groups is 1. The molecule has 0 fully saturated rings. The summed E-state index contributed by atoms with van der Waals surface area (Å²) < 4.78 is 2.16. The molecule has 4 nitrogen and oxygen atoms in total. The molecular weight excluding hydrogens is 322 g/mol. The van der Waals surface area contributed by atoms with E-state index in [1.54, 1.807) is 0 Å². The van der Waals surface area contributed by atoms with E-state index >= 15 is 0 Å². The van der Waals surface area contributed by atoms with Gasteiger partial charge in [-0.15, -0.1) is 0 Å². The van der Waals surface area contributed by atoms with Gasteiger partial charge in [-0.1, -0.05) is 62.7 Å². The number of benzene rings is 2. The van der Waals surface area contributed by atoms with Gasteiger partial charge in [0.15, 0.2) is 0 Å². The molecule has 1 aromatic heterocycles. The van der Waals surface area contributed by atoms with Crippen LogP contribution in [-0.2, 0) is 11.3 Å². The predicted molar refractivity (Wildman–Crippen MR) is 106 cm³/mol.